The van der Waals surface area contributed by atoms with Crippen LogP contribution >= 0.6 is 0 Å². The van der Waals surface area contributed by atoms with Crippen LogP contribution in [-0.4, -0.2) is 5.97 Å². The molecular weight excluding hydrogens is 420 g/mol. The molecule has 32 heavy (non-hydrogen) atoms. The number of ether oxygens (including phenoxy) is 1. The summed E-state index contributed by atoms with van der Waals surface area (Å²) in [5.74, 6) is -5.44. The van der Waals surface area contributed by atoms with E-state index in [0.29, 0.717) is 11.1 Å². The molecule has 3 aromatic carbocycles. The Morgan fingerprint density at radius 1 is 0.781 bits per heavy atom. The Morgan fingerprint density at radius 3 is 2.16 bits per heavy atom. The third kappa shape index (κ3) is 4.27. The summed E-state index contributed by atoms with van der Waals surface area (Å²) < 4.78 is 62.2. The fourth-order valence-electron chi connectivity index (χ4n) is 4.17. The Labute approximate surface area is 183 Å². The van der Waals surface area contributed by atoms with Crippen LogP contribution in [0.2, 0.25) is 0 Å². The number of hydrogen-bond acceptors (Lipinski definition) is 2. The molecule has 2 nitrogen and oxygen atoms in total. The molecule has 0 unspecified atom stereocenters. The van der Waals surface area contributed by atoms with Gasteiger partial charge in [-0.15, -0.1) is 0 Å². The summed E-state index contributed by atoms with van der Waals surface area (Å²) in [6, 6.07) is 11.3. The van der Waals surface area contributed by atoms with E-state index in [1.807, 2.05) is 0 Å². The van der Waals surface area contributed by atoms with E-state index in [0.717, 1.165) is 32.1 Å². The van der Waals surface area contributed by atoms with Gasteiger partial charge in [0.25, 0.3) is 0 Å². The molecule has 166 valence electrons. The minimum absolute atomic E-state index is 0.0384. The van der Waals surface area contributed by atoms with Gasteiger partial charge in [-0.3, -0.25) is 0 Å². The Balaban J connectivity index is 1.54. The van der Waals surface area contributed by atoms with Crippen molar-refractivity contribution < 1.29 is 27.1 Å². The molecule has 4 rings (SSSR count). The lowest BCUT2D eigenvalue weighted by atomic mass is 9.83. The Hall–Kier alpha value is -3.15. The van der Waals surface area contributed by atoms with Gasteiger partial charge in [-0.05, 0) is 60.6 Å². The lowest BCUT2D eigenvalue weighted by Crippen LogP contribution is -2.10. The van der Waals surface area contributed by atoms with Crippen LogP contribution in [0.1, 0.15) is 59.5 Å². The summed E-state index contributed by atoms with van der Waals surface area (Å²) in [4.78, 5) is 12.3. The first-order valence-corrected chi connectivity index (χ1v) is 10.6. The first-order valence-electron chi connectivity index (χ1n) is 10.6. The summed E-state index contributed by atoms with van der Waals surface area (Å²) >= 11 is 0. The fourth-order valence-corrected chi connectivity index (χ4v) is 4.17. The van der Waals surface area contributed by atoms with Gasteiger partial charge >= 0.3 is 5.97 Å². The van der Waals surface area contributed by atoms with Crippen LogP contribution in [0.15, 0.2) is 48.5 Å². The SMILES string of the molecule is Cc1ccc(OC(=O)c2ccc(-c3ccc(C4CCCCC4)c(F)c3F)cc2)c(F)c1F. The monoisotopic (exact) mass is 442 g/mol. The zero-order chi connectivity index (χ0) is 22.8. The minimum Gasteiger partial charge on any atom is -0.420 e. The van der Waals surface area contributed by atoms with Crippen LogP contribution in [-0.2, 0) is 0 Å². The van der Waals surface area contributed by atoms with Crippen molar-refractivity contribution in [1.29, 1.82) is 0 Å². The molecule has 3 aromatic rings. The van der Waals surface area contributed by atoms with Crippen molar-refractivity contribution in [3.63, 3.8) is 0 Å². The zero-order valence-corrected chi connectivity index (χ0v) is 17.6. The third-order valence-corrected chi connectivity index (χ3v) is 6.03. The van der Waals surface area contributed by atoms with E-state index in [4.69, 9.17) is 4.74 Å². The first-order chi connectivity index (χ1) is 15.4. The van der Waals surface area contributed by atoms with Crippen molar-refractivity contribution in [2.24, 2.45) is 0 Å². The average Bonchev–Trinajstić information content (AvgIpc) is 2.82. The molecule has 0 bridgehead atoms. The van der Waals surface area contributed by atoms with Crippen LogP contribution in [0.4, 0.5) is 17.6 Å². The predicted octanol–water partition coefficient (Wildman–Crippen LogP) is 7.49. The van der Waals surface area contributed by atoms with Crippen molar-refractivity contribution in [1.82, 2.24) is 0 Å². The number of halogens is 4. The number of benzene rings is 3. The molecule has 0 saturated heterocycles. The van der Waals surface area contributed by atoms with Crippen LogP contribution in [0.3, 0.4) is 0 Å². The molecule has 0 aliphatic heterocycles. The second kappa shape index (κ2) is 9.15. The number of carbonyl (C=O) groups excluding carboxylic acids is 1. The van der Waals surface area contributed by atoms with Gasteiger partial charge in [-0.25, -0.2) is 18.0 Å². The van der Waals surface area contributed by atoms with E-state index in [2.05, 4.69) is 0 Å². The summed E-state index contributed by atoms with van der Waals surface area (Å²) in [5.41, 5.74) is 1.05. The number of esters is 1. The van der Waals surface area contributed by atoms with Crippen LogP contribution in [0, 0.1) is 30.2 Å². The van der Waals surface area contributed by atoms with Gasteiger partial charge in [0.1, 0.15) is 0 Å². The van der Waals surface area contributed by atoms with Gasteiger partial charge in [-0.2, -0.15) is 4.39 Å². The highest BCUT2D eigenvalue weighted by Crippen LogP contribution is 2.37. The maximum Gasteiger partial charge on any atom is 0.343 e. The van der Waals surface area contributed by atoms with Crippen molar-refractivity contribution >= 4 is 5.97 Å². The van der Waals surface area contributed by atoms with Gasteiger partial charge in [0.15, 0.2) is 23.2 Å². The third-order valence-electron chi connectivity index (χ3n) is 6.03. The summed E-state index contributed by atoms with van der Waals surface area (Å²) in [7, 11) is 0. The zero-order valence-electron chi connectivity index (χ0n) is 17.6. The van der Waals surface area contributed by atoms with Gasteiger partial charge in [-0.1, -0.05) is 49.6 Å². The van der Waals surface area contributed by atoms with Crippen LogP contribution in [0.5, 0.6) is 5.75 Å². The summed E-state index contributed by atoms with van der Waals surface area (Å²) in [6.45, 7) is 1.40. The van der Waals surface area contributed by atoms with Crippen LogP contribution in [0.25, 0.3) is 11.1 Å². The molecule has 6 heteroatoms. The van der Waals surface area contributed by atoms with E-state index >= 15 is 0 Å². The molecule has 0 aromatic heterocycles. The quantitative estimate of drug-likeness (QED) is 0.238. The van der Waals surface area contributed by atoms with Gasteiger partial charge in [0, 0.05) is 5.56 Å². The number of rotatable bonds is 4. The number of carbonyl (C=O) groups is 1. The highest BCUT2D eigenvalue weighted by atomic mass is 19.2. The average molecular weight is 442 g/mol. The van der Waals surface area contributed by atoms with E-state index in [1.54, 1.807) is 12.1 Å². The molecule has 0 radical (unpaired) electrons. The number of aryl methyl sites for hydroxylation is 1. The molecule has 0 heterocycles. The molecule has 0 N–H and O–H groups in total. The molecule has 0 spiro atoms. The molecule has 0 atom stereocenters. The Bertz CT molecular complexity index is 1150. The molecule has 0 amide bonds. The molecule has 1 aliphatic carbocycles. The second-order valence-electron chi connectivity index (χ2n) is 8.14. The fraction of sp³-hybridized carbons (Fsp3) is 0.269. The highest BCUT2D eigenvalue weighted by Gasteiger charge is 2.23. The van der Waals surface area contributed by atoms with E-state index in [9.17, 15) is 22.4 Å². The number of hydrogen-bond donors (Lipinski definition) is 0. The van der Waals surface area contributed by atoms with Gasteiger partial charge in [0.05, 0.1) is 5.56 Å². The highest BCUT2D eigenvalue weighted by molar-refractivity contribution is 5.91. The van der Waals surface area contributed by atoms with Gasteiger partial charge < -0.3 is 4.74 Å². The predicted molar refractivity (Wildman–Crippen MR) is 114 cm³/mol. The molecule has 1 fully saturated rings. The second-order valence-corrected chi connectivity index (χ2v) is 8.14. The summed E-state index contributed by atoms with van der Waals surface area (Å²) in [5, 5.41) is 0. The lowest BCUT2D eigenvalue weighted by molar-refractivity contribution is 0.0726. The standard InChI is InChI=1S/C26H22F4O2/c1-15-7-14-21(25(30)22(15)27)32-26(31)18-10-8-17(9-11-18)20-13-12-19(23(28)24(20)29)16-5-3-2-4-6-16/h7-14,16H,2-6H2,1H3. The largest absolute Gasteiger partial charge is 0.420 e. The van der Waals surface area contributed by atoms with Crippen molar-refractivity contribution in [3.8, 4) is 16.9 Å². The topological polar surface area (TPSA) is 26.3 Å². The molecular formula is C26H22F4O2. The molecule has 1 aliphatic rings. The summed E-state index contributed by atoms with van der Waals surface area (Å²) in [6.07, 6.45) is 4.88. The van der Waals surface area contributed by atoms with E-state index < -0.39 is 35.0 Å². The Morgan fingerprint density at radius 2 is 1.47 bits per heavy atom. The maximum atomic E-state index is 14.8. The first kappa shape index (κ1) is 22.1. The normalized spacial score (nSPS) is 14.4. The van der Waals surface area contributed by atoms with E-state index in [-0.39, 0.29) is 22.6 Å². The van der Waals surface area contributed by atoms with Crippen molar-refractivity contribution in [2.45, 2.75) is 44.9 Å². The van der Waals surface area contributed by atoms with Crippen molar-refractivity contribution in [2.75, 3.05) is 0 Å². The minimum atomic E-state index is -1.24. The maximum absolute atomic E-state index is 14.8. The van der Waals surface area contributed by atoms with Gasteiger partial charge in [0.2, 0.25) is 5.82 Å². The van der Waals surface area contributed by atoms with Crippen molar-refractivity contribution in [3.05, 3.63) is 88.5 Å². The Kier molecular flexibility index (Phi) is 6.31. The van der Waals surface area contributed by atoms with E-state index in [1.165, 1.54) is 43.3 Å². The lowest BCUT2D eigenvalue weighted by Gasteiger charge is -2.23. The molecule has 1 saturated carbocycles. The van der Waals surface area contributed by atoms with Crippen LogP contribution < -0.4 is 4.74 Å². The smallest absolute Gasteiger partial charge is 0.343 e.